The van der Waals surface area contributed by atoms with Crippen LogP contribution in [0.4, 0.5) is 10.1 Å². The van der Waals surface area contributed by atoms with Gasteiger partial charge in [-0.15, -0.1) is 0 Å². The van der Waals surface area contributed by atoms with E-state index in [0.29, 0.717) is 25.4 Å². The third-order valence-electron chi connectivity index (χ3n) is 5.74. The summed E-state index contributed by atoms with van der Waals surface area (Å²) in [5.41, 5.74) is 3.68. The molecule has 1 aliphatic carbocycles. The maximum Gasteiger partial charge on any atom is 0.302 e. The Hall–Kier alpha value is -3.14. The number of rotatable bonds is 8. The fourth-order valence-corrected chi connectivity index (χ4v) is 3.83. The van der Waals surface area contributed by atoms with Gasteiger partial charge >= 0.3 is 5.97 Å². The van der Waals surface area contributed by atoms with Crippen molar-refractivity contribution in [3.63, 3.8) is 0 Å². The van der Waals surface area contributed by atoms with E-state index in [1.54, 1.807) is 6.07 Å². The van der Waals surface area contributed by atoms with E-state index >= 15 is 4.39 Å². The van der Waals surface area contributed by atoms with Crippen molar-refractivity contribution >= 4 is 11.7 Å². The van der Waals surface area contributed by atoms with Gasteiger partial charge in [-0.25, -0.2) is 4.39 Å². The molecule has 0 spiro atoms. The van der Waals surface area contributed by atoms with Crippen LogP contribution in [0, 0.1) is 5.82 Å². The van der Waals surface area contributed by atoms with Crippen molar-refractivity contribution in [1.82, 2.24) is 0 Å². The van der Waals surface area contributed by atoms with E-state index in [1.807, 2.05) is 48.5 Å². The monoisotopic (exact) mass is 403 g/mol. The quantitative estimate of drug-likeness (QED) is 0.457. The van der Waals surface area contributed by atoms with E-state index in [9.17, 15) is 4.79 Å². The van der Waals surface area contributed by atoms with Crippen molar-refractivity contribution in [2.24, 2.45) is 0 Å². The first-order valence-corrected chi connectivity index (χ1v) is 10.3. The lowest BCUT2D eigenvalue weighted by Gasteiger charge is -2.27. The van der Waals surface area contributed by atoms with E-state index in [0.717, 1.165) is 29.5 Å². The number of esters is 1. The Morgan fingerprint density at radius 2 is 1.50 bits per heavy atom. The lowest BCUT2D eigenvalue weighted by Crippen LogP contribution is -2.24. The lowest BCUT2D eigenvalue weighted by molar-refractivity contribution is -0.141. The van der Waals surface area contributed by atoms with E-state index < -0.39 is 0 Å². The third kappa shape index (κ3) is 4.70. The molecule has 4 heteroatoms. The molecule has 0 heterocycles. The second-order valence-corrected chi connectivity index (χ2v) is 8.05. The number of hydrogen-bond donors (Lipinski definition) is 0. The van der Waals surface area contributed by atoms with Crippen molar-refractivity contribution in [3.05, 3.63) is 101 Å². The number of hydrogen-bond acceptors (Lipinski definition) is 3. The molecule has 30 heavy (non-hydrogen) atoms. The Balaban J connectivity index is 1.66. The minimum atomic E-state index is -0.279. The molecule has 154 valence electrons. The van der Waals surface area contributed by atoms with Crippen molar-refractivity contribution in [2.45, 2.75) is 38.3 Å². The summed E-state index contributed by atoms with van der Waals surface area (Å²) in [4.78, 5) is 13.4. The van der Waals surface area contributed by atoms with Crippen molar-refractivity contribution < 1.29 is 13.9 Å². The molecule has 3 aromatic carbocycles. The topological polar surface area (TPSA) is 29.5 Å². The van der Waals surface area contributed by atoms with Gasteiger partial charge in [0.15, 0.2) is 0 Å². The molecule has 1 aliphatic rings. The van der Waals surface area contributed by atoms with Gasteiger partial charge in [0.05, 0.1) is 5.69 Å². The maximum atomic E-state index is 15.0. The summed E-state index contributed by atoms with van der Waals surface area (Å²) in [6.07, 6.45) is 1.89. The number of benzene rings is 3. The van der Waals surface area contributed by atoms with Crippen LogP contribution in [0.25, 0.3) is 0 Å². The van der Waals surface area contributed by atoms with Gasteiger partial charge in [-0.1, -0.05) is 66.7 Å². The fourth-order valence-electron chi connectivity index (χ4n) is 3.83. The first-order chi connectivity index (χ1) is 14.6. The molecule has 4 rings (SSSR count). The van der Waals surface area contributed by atoms with Gasteiger partial charge < -0.3 is 9.64 Å². The van der Waals surface area contributed by atoms with Crippen molar-refractivity contribution in [3.8, 4) is 0 Å². The number of carbonyl (C=O) groups is 1. The number of ether oxygens (including phenoxy) is 1. The molecule has 1 saturated carbocycles. The Kier molecular flexibility index (Phi) is 5.84. The summed E-state index contributed by atoms with van der Waals surface area (Å²) in [5.74, 6) is -0.521. The Bertz CT molecular complexity index is 959. The fraction of sp³-hybridized carbons (Fsp3) is 0.269. The van der Waals surface area contributed by atoms with Crippen molar-refractivity contribution in [2.75, 3.05) is 11.5 Å². The average molecular weight is 403 g/mol. The molecule has 3 aromatic rings. The highest BCUT2D eigenvalue weighted by atomic mass is 19.1. The van der Waals surface area contributed by atoms with Gasteiger partial charge in [0.25, 0.3) is 0 Å². The molecule has 0 saturated heterocycles. The summed E-state index contributed by atoms with van der Waals surface area (Å²) < 4.78 is 20.3. The van der Waals surface area contributed by atoms with E-state index in [1.165, 1.54) is 6.92 Å². The van der Waals surface area contributed by atoms with Gasteiger partial charge in [-0.3, -0.25) is 4.79 Å². The van der Waals surface area contributed by atoms with Crippen LogP contribution >= 0.6 is 0 Å². The van der Waals surface area contributed by atoms with Crippen LogP contribution in [-0.2, 0) is 28.0 Å². The Morgan fingerprint density at radius 3 is 2.00 bits per heavy atom. The van der Waals surface area contributed by atoms with Crippen LogP contribution in [0.2, 0.25) is 0 Å². The number of carbonyl (C=O) groups excluding carboxylic acids is 1. The SMILES string of the molecule is CC(=O)OCC1(c2ccc(F)c(N(Cc3ccccc3)Cc3ccccc3)c2)CC1. The van der Waals surface area contributed by atoms with Gasteiger partial charge in [0.2, 0.25) is 0 Å². The van der Waals surface area contributed by atoms with Crippen LogP contribution < -0.4 is 4.90 Å². The number of nitrogens with zero attached hydrogens (tertiary/aromatic N) is 1. The van der Waals surface area contributed by atoms with E-state index in [2.05, 4.69) is 29.2 Å². The molecule has 1 fully saturated rings. The predicted octanol–water partition coefficient (Wildman–Crippen LogP) is 5.63. The highest BCUT2D eigenvalue weighted by Gasteiger charge is 2.45. The molecular formula is C26H26FNO2. The zero-order valence-electron chi connectivity index (χ0n) is 17.2. The molecule has 0 radical (unpaired) electrons. The van der Waals surface area contributed by atoms with Crippen LogP contribution in [0.3, 0.4) is 0 Å². The van der Waals surface area contributed by atoms with Crippen LogP contribution in [-0.4, -0.2) is 12.6 Å². The second kappa shape index (κ2) is 8.70. The standard InChI is InChI=1S/C26H26FNO2/c1-20(29)30-19-26(14-15-26)23-12-13-24(27)25(16-23)28(17-21-8-4-2-5-9-21)18-22-10-6-3-7-11-22/h2-13,16H,14-15,17-19H2,1H3. The molecule has 0 bridgehead atoms. The first-order valence-electron chi connectivity index (χ1n) is 10.3. The first kappa shape index (κ1) is 20.1. The molecule has 0 aromatic heterocycles. The number of anilines is 1. The summed E-state index contributed by atoms with van der Waals surface area (Å²) in [6.45, 7) is 2.98. The highest BCUT2D eigenvalue weighted by Crippen LogP contribution is 2.49. The van der Waals surface area contributed by atoms with Gasteiger partial charge in [-0.05, 0) is 41.7 Å². The normalized spacial score (nSPS) is 14.2. The summed E-state index contributed by atoms with van der Waals surface area (Å²) in [7, 11) is 0. The maximum absolute atomic E-state index is 15.0. The Morgan fingerprint density at radius 1 is 0.933 bits per heavy atom. The minimum absolute atomic E-state index is 0.181. The van der Waals surface area contributed by atoms with E-state index in [4.69, 9.17) is 4.74 Å². The lowest BCUT2D eigenvalue weighted by atomic mass is 9.96. The minimum Gasteiger partial charge on any atom is -0.465 e. The van der Waals surface area contributed by atoms with Gasteiger partial charge in [0, 0.05) is 25.4 Å². The highest BCUT2D eigenvalue weighted by molar-refractivity contribution is 5.66. The average Bonchev–Trinajstić information content (AvgIpc) is 3.55. The van der Waals surface area contributed by atoms with E-state index in [-0.39, 0.29) is 17.2 Å². The van der Waals surface area contributed by atoms with Gasteiger partial charge in [-0.2, -0.15) is 0 Å². The number of halogens is 1. The zero-order chi connectivity index (χ0) is 21.0. The molecule has 0 atom stereocenters. The van der Waals surface area contributed by atoms with Gasteiger partial charge in [0.1, 0.15) is 12.4 Å². The van der Waals surface area contributed by atoms with Crippen molar-refractivity contribution in [1.29, 1.82) is 0 Å². The molecule has 0 unspecified atom stereocenters. The summed E-state index contributed by atoms with van der Waals surface area (Å²) >= 11 is 0. The molecule has 0 aliphatic heterocycles. The van der Waals surface area contributed by atoms with Crippen LogP contribution in [0.15, 0.2) is 78.9 Å². The third-order valence-corrected chi connectivity index (χ3v) is 5.74. The summed E-state index contributed by atoms with van der Waals surface area (Å²) in [6, 6.07) is 25.5. The summed E-state index contributed by atoms with van der Waals surface area (Å²) in [5, 5.41) is 0. The smallest absolute Gasteiger partial charge is 0.302 e. The molecular weight excluding hydrogens is 377 g/mol. The largest absolute Gasteiger partial charge is 0.465 e. The second-order valence-electron chi connectivity index (χ2n) is 8.05. The molecule has 3 nitrogen and oxygen atoms in total. The predicted molar refractivity (Wildman–Crippen MR) is 117 cm³/mol. The van der Waals surface area contributed by atoms with Crippen LogP contribution in [0.1, 0.15) is 36.5 Å². The molecule has 0 amide bonds. The zero-order valence-corrected chi connectivity index (χ0v) is 17.2. The molecule has 0 N–H and O–H groups in total. The Labute approximate surface area is 177 Å². The van der Waals surface area contributed by atoms with Crippen LogP contribution in [0.5, 0.6) is 0 Å².